The van der Waals surface area contributed by atoms with Crippen LogP contribution >= 0.6 is 15.9 Å². The fraction of sp³-hybridized carbons (Fsp3) is 0.462. The van der Waals surface area contributed by atoms with E-state index in [1.165, 1.54) is 6.07 Å². The lowest BCUT2D eigenvalue weighted by molar-refractivity contribution is -0.137. The number of carbonyl (C=O) groups is 1. The number of hydrogen-bond acceptors (Lipinski definition) is 2. The summed E-state index contributed by atoms with van der Waals surface area (Å²) in [6.45, 7) is 1.93. The lowest BCUT2D eigenvalue weighted by atomic mass is 10.1. The lowest BCUT2D eigenvalue weighted by Crippen LogP contribution is -2.25. The zero-order chi connectivity index (χ0) is 15.3. The van der Waals surface area contributed by atoms with Crippen LogP contribution in [-0.2, 0) is 6.18 Å². The molecule has 0 aliphatic heterocycles. The molecule has 1 rings (SSSR count). The third-order valence-electron chi connectivity index (χ3n) is 2.62. The second-order valence-electron chi connectivity index (χ2n) is 4.44. The molecule has 0 saturated carbocycles. The Balaban J connectivity index is 2.72. The number of benzene rings is 1. The Bertz CT molecular complexity index is 475. The minimum absolute atomic E-state index is 0.0585. The molecule has 0 aliphatic rings. The number of aliphatic hydroxyl groups excluding tert-OH is 1. The minimum atomic E-state index is -4.48. The van der Waals surface area contributed by atoms with Crippen LogP contribution in [0.2, 0.25) is 0 Å². The van der Waals surface area contributed by atoms with E-state index in [9.17, 15) is 18.0 Å². The minimum Gasteiger partial charge on any atom is -0.393 e. The van der Waals surface area contributed by atoms with E-state index < -0.39 is 23.8 Å². The molecule has 1 atom stereocenters. The molecule has 1 aromatic rings. The Kier molecular flexibility index (Phi) is 6.01. The van der Waals surface area contributed by atoms with Gasteiger partial charge in [-0.1, -0.05) is 0 Å². The quantitative estimate of drug-likeness (QED) is 0.797. The van der Waals surface area contributed by atoms with Crippen LogP contribution in [-0.4, -0.2) is 23.7 Å². The van der Waals surface area contributed by atoms with Crippen molar-refractivity contribution >= 4 is 21.8 Å². The van der Waals surface area contributed by atoms with Crippen molar-refractivity contribution in [1.82, 2.24) is 5.32 Å². The van der Waals surface area contributed by atoms with Crippen LogP contribution in [0, 0.1) is 0 Å². The van der Waals surface area contributed by atoms with Gasteiger partial charge in [-0.3, -0.25) is 4.79 Å². The molecule has 112 valence electrons. The van der Waals surface area contributed by atoms with E-state index in [2.05, 4.69) is 21.2 Å². The van der Waals surface area contributed by atoms with E-state index in [-0.39, 0.29) is 5.56 Å². The van der Waals surface area contributed by atoms with Gasteiger partial charge in [0.15, 0.2) is 0 Å². The summed E-state index contributed by atoms with van der Waals surface area (Å²) in [5.74, 6) is -0.575. The predicted molar refractivity (Wildman–Crippen MR) is 72.4 cm³/mol. The molecule has 3 nitrogen and oxygen atoms in total. The molecule has 0 heterocycles. The van der Waals surface area contributed by atoms with Gasteiger partial charge in [0.2, 0.25) is 0 Å². The van der Waals surface area contributed by atoms with Crippen LogP contribution < -0.4 is 5.32 Å². The summed E-state index contributed by atoms with van der Waals surface area (Å²) < 4.78 is 38.1. The monoisotopic (exact) mass is 353 g/mol. The van der Waals surface area contributed by atoms with Crippen molar-refractivity contribution < 1.29 is 23.1 Å². The normalized spacial score (nSPS) is 13.1. The number of hydrogen-bond donors (Lipinski definition) is 2. The fourth-order valence-corrected chi connectivity index (χ4v) is 2.00. The predicted octanol–water partition coefficient (Wildman–Crippen LogP) is 3.36. The number of aliphatic hydroxyl groups is 1. The molecule has 0 spiro atoms. The maximum absolute atomic E-state index is 12.6. The summed E-state index contributed by atoms with van der Waals surface area (Å²) in [7, 11) is 0. The summed E-state index contributed by atoms with van der Waals surface area (Å²) in [5, 5.41) is 11.6. The number of halogens is 4. The van der Waals surface area contributed by atoms with Crippen LogP contribution in [0.15, 0.2) is 22.7 Å². The van der Waals surface area contributed by atoms with E-state index in [1.54, 1.807) is 6.92 Å². The van der Waals surface area contributed by atoms with Crippen LogP contribution in [0.3, 0.4) is 0 Å². The topological polar surface area (TPSA) is 49.3 Å². The number of alkyl halides is 3. The molecule has 0 aliphatic carbocycles. The van der Waals surface area contributed by atoms with Gasteiger partial charge in [0.25, 0.3) is 5.91 Å². The van der Waals surface area contributed by atoms with Gasteiger partial charge in [-0.25, -0.2) is 0 Å². The summed E-state index contributed by atoms with van der Waals surface area (Å²) in [6.07, 6.45) is -3.88. The van der Waals surface area contributed by atoms with E-state index >= 15 is 0 Å². The Labute approximate surface area is 123 Å². The molecular formula is C13H15BrF3NO2. The first-order valence-electron chi connectivity index (χ1n) is 6.05. The van der Waals surface area contributed by atoms with Gasteiger partial charge < -0.3 is 10.4 Å². The SMILES string of the molecule is CC(O)CCCNC(=O)c1cc(C(F)(F)F)ccc1Br. The molecule has 1 amide bonds. The molecule has 2 N–H and O–H groups in total. The van der Waals surface area contributed by atoms with Crippen molar-refractivity contribution in [3.63, 3.8) is 0 Å². The smallest absolute Gasteiger partial charge is 0.393 e. The molecule has 0 bridgehead atoms. The number of nitrogens with one attached hydrogen (secondary N) is 1. The van der Waals surface area contributed by atoms with Gasteiger partial charge in [0.1, 0.15) is 0 Å². The van der Waals surface area contributed by atoms with Gasteiger partial charge in [-0.05, 0) is 53.9 Å². The van der Waals surface area contributed by atoms with Crippen molar-refractivity contribution in [3.05, 3.63) is 33.8 Å². The molecule has 1 aromatic carbocycles. The molecule has 1 unspecified atom stereocenters. The molecule has 0 saturated heterocycles. The second-order valence-corrected chi connectivity index (χ2v) is 5.29. The summed E-state index contributed by atoms with van der Waals surface area (Å²) in [4.78, 5) is 11.8. The fourth-order valence-electron chi connectivity index (χ4n) is 1.57. The molecule has 20 heavy (non-hydrogen) atoms. The highest BCUT2D eigenvalue weighted by atomic mass is 79.9. The van der Waals surface area contributed by atoms with Crippen molar-refractivity contribution in [2.45, 2.75) is 32.0 Å². The third-order valence-corrected chi connectivity index (χ3v) is 3.31. The van der Waals surface area contributed by atoms with E-state index in [0.29, 0.717) is 23.9 Å². The highest BCUT2D eigenvalue weighted by molar-refractivity contribution is 9.10. The molecular weight excluding hydrogens is 339 g/mol. The zero-order valence-corrected chi connectivity index (χ0v) is 12.4. The third kappa shape index (κ3) is 5.13. The van der Waals surface area contributed by atoms with Crippen LogP contribution in [0.4, 0.5) is 13.2 Å². The van der Waals surface area contributed by atoms with Crippen molar-refractivity contribution in [2.24, 2.45) is 0 Å². The van der Waals surface area contributed by atoms with Gasteiger partial charge in [-0.15, -0.1) is 0 Å². The molecule has 0 fully saturated rings. The first-order chi connectivity index (χ1) is 9.21. The first kappa shape index (κ1) is 17.0. The summed E-state index contributed by atoms with van der Waals surface area (Å²) in [5.41, 5.74) is -0.924. The van der Waals surface area contributed by atoms with Crippen molar-refractivity contribution in [1.29, 1.82) is 0 Å². The molecule has 0 aromatic heterocycles. The second kappa shape index (κ2) is 7.08. The highest BCUT2D eigenvalue weighted by Gasteiger charge is 2.31. The molecule has 0 radical (unpaired) electrons. The average molecular weight is 354 g/mol. The number of carbonyl (C=O) groups excluding carboxylic acids is 1. The summed E-state index contributed by atoms with van der Waals surface area (Å²) >= 11 is 3.06. The van der Waals surface area contributed by atoms with Crippen molar-refractivity contribution in [3.8, 4) is 0 Å². The maximum atomic E-state index is 12.6. The van der Waals surface area contributed by atoms with Gasteiger partial charge in [-0.2, -0.15) is 13.2 Å². The number of rotatable bonds is 5. The molecule has 7 heteroatoms. The van der Waals surface area contributed by atoms with Crippen molar-refractivity contribution in [2.75, 3.05) is 6.54 Å². The average Bonchev–Trinajstić information content (AvgIpc) is 2.33. The first-order valence-corrected chi connectivity index (χ1v) is 6.84. The standard InChI is InChI=1S/C13H15BrF3NO2/c1-8(19)3-2-6-18-12(20)10-7-9(13(15,16)17)4-5-11(10)14/h4-5,7-8,19H,2-3,6H2,1H3,(H,18,20). The Morgan fingerprint density at radius 2 is 2.10 bits per heavy atom. The largest absolute Gasteiger partial charge is 0.416 e. The van der Waals surface area contributed by atoms with Crippen LogP contribution in [0.1, 0.15) is 35.7 Å². The van der Waals surface area contributed by atoms with E-state index in [0.717, 1.165) is 12.1 Å². The van der Waals surface area contributed by atoms with Crippen LogP contribution in [0.5, 0.6) is 0 Å². The van der Waals surface area contributed by atoms with E-state index in [1.807, 2.05) is 0 Å². The Morgan fingerprint density at radius 1 is 1.45 bits per heavy atom. The zero-order valence-electron chi connectivity index (χ0n) is 10.8. The van der Waals surface area contributed by atoms with Gasteiger partial charge in [0.05, 0.1) is 17.2 Å². The maximum Gasteiger partial charge on any atom is 0.416 e. The lowest BCUT2D eigenvalue weighted by Gasteiger charge is -2.11. The summed E-state index contributed by atoms with van der Waals surface area (Å²) in [6, 6.07) is 2.93. The van der Waals surface area contributed by atoms with Gasteiger partial charge >= 0.3 is 6.18 Å². The Hall–Kier alpha value is -1.08. The number of amides is 1. The highest BCUT2D eigenvalue weighted by Crippen LogP contribution is 2.31. The van der Waals surface area contributed by atoms with Gasteiger partial charge in [0, 0.05) is 11.0 Å². The van der Waals surface area contributed by atoms with Crippen LogP contribution in [0.25, 0.3) is 0 Å². The Morgan fingerprint density at radius 3 is 2.65 bits per heavy atom. The van der Waals surface area contributed by atoms with E-state index in [4.69, 9.17) is 5.11 Å².